The lowest BCUT2D eigenvalue weighted by Gasteiger charge is -2.32. The van der Waals surface area contributed by atoms with Gasteiger partial charge in [-0.3, -0.25) is 10.1 Å². The van der Waals surface area contributed by atoms with Crippen LogP contribution in [0.5, 0.6) is 0 Å². The van der Waals surface area contributed by atoms with Crippen molar-refractivity contribution < 1.29 is 23.4 Å². The third-order valence-electron chi connectivity index (χ3n) is 3.40. The molecule has 0 saturated carbocycles. The molecule has 1 aliphatic heterocycles. The number of carboxylic acids is 1. The maximum absolute atomic E-state index is 11.3. The van der Waals surface area contributed by atoms with E-state index in [2.05, 4.69) is 5.32 Å². The largest absolute Gasteiger partial charge is 0.480 e. The summed E-state index contributed by atoms with van der Waals surface area (Å²) in [5, 5.41) is 21.6. The zero-order valence-electron chi connectivity index (χ0n) is 10.0. The summed E-state index contributed by atoms with van der Waals surface area (Å²) < 4.78 is 22.7. The van der Waals surface area contributed by atoms with E-state index in [0.717, 1.165) is 0 Å². The minimum absolute atomic E-state index is 0.205. The topological polar surface area (TPSA) is 104 Å². The highest BCUT2D eigenvalue weighted by molar-refractivity contribution is 7.91. The molecule has 1 rings (SSSR count). The summed E-state index contributed by atoms with van der Waals surface area (Å²) in [4.78, 5) is 11.2. The number of aliphatic hydroxyl groups is 1. The highest BCUT2D eigenvalue weighted by atomic mass is 32.2. The second-order valence-electron chi connectivity index (χ2n) is 4.49. The first-order chi connectivity index (χ1) is 7.76. The molecular weight excluding hydrogens is 246 g/mol. The summed E-state index contributed by atoms with van der Waals surface area (Å²) in [7, 11) is -3.26. The summed E-state index contributed by atoms with van der Waals surface area (Å²) >= 11 is 0. The molecule has 0 aliphatic carbocycles. The van der Waals surface area contributed by atoms with E-state index in [1.807, 2.05) is 0 Å². The Morgan fingerprint density at radius 1 is 1.35 bits per heavy atom. The minimum atomic E-state index is -3.26. The standard InChI is InChI=1S/C10H19NO5S/c1-3-10(4-2,9(13)14)11-7-5-17(15,16)6-8(7)12/h7-8,11-12H,3-6H2,1-2H3,(H,13,14). The van der Waals surface area contributed by atoms with Gasteiger partial charge in [0.15, 0.2) is 9.84 Å². The van der Waals surface area contributed by atoms with Gasteiger partial charge in [0.25, 0.3) is 0 Å². The van der Waals surface area contributed by atoms with E-state index in [0.29, 0.717) is 12.8 Å². The highest BCUT2D eigenvalue weighted by Crippen LogP contribution is 2.21. The monoisotopic (exact) mass is 265 g/mol. The van der Waals surface area contributed by atoms with Gasteiger partial charge in [-0.05, 0) is 12.8 Å². The van der Waals surface area contributed by atoms with E-state index in [1.54, 1.807) is 13.8 Å². The minimum Gasteiger partial charge on any atom is -0.480 e. The third-order valence-corrected chi connectivity index (χ3v) is 5.12. The maximum Gasteiger partial charge on any atom is 0.323 e. The third kappa shape index (κ3) is 2.97. The van der Waals surface area contributed by atoms with Crippen molar-refractivity contribution in [1.29, 1.82) is 0 Å². The number of aliphatic carboxylic acids is 1. The zero-order chi connectivity index (χ0) is 13.3. The molecule has 1 saturated heterocycles. The molecule has 0 spiro atoms. The van der Waals surface area contributed by atoms with Crippen molar-refractivity contribution in [3.8, 4) is 0 Å². The Kier molecular flexibility index (Phi) is 4.16. The first-order valence-corrected chi connectivity index (χ1v) is 7.48. The highest BCUT2D eigenvalue weighted by Gasteiger charge is 2.43. The second-order valence-corrected chi connectivity index (χ2v) is 6.64. The van der Waals surface area contributed by atoms with Gasteiger partial charge in [-0.1, -0.05) is 13.8 Å². The van der Waals surface area contributed by atoms with Gasteiger partial charge in [0.1, 0.15) is 5.54 Å². The molecule has 1 heterocycles. The van der Waals surface area contributed by atoms with Crippen LogP contribution in [0.1, 0.15) is 26.7 Å². The summed E-state index contributed by atoms with van der Waals surface area (Å²) in [6.07, 6.45) is -0.360. The fraction of sp³-hybridized carbons (Fsp3) is 0.900. The van der Waals surface area contributed by atoms with E-state index in [1.165, 1.54) is 0 Å². The Labute approximate surface area is 101 Å². The van der Waals surface area contributed by atoms with Crippen LogP contribution < -0.4 is 5.32 Å². The van der Waals surface area contributed by atoms with Crippen LogP contribution in [0.15, 0.2) is 0 Å². The molecule has 1 fully saturated rings. The van der Waals surface area contributed by atoms with Crippen molar-refractivity contribution in [1.82, 2.24) is 5.32 Å². The van der Waals surface area contributed by atoms with Crippen molar-refractivity contribution in [2.45, 2.75) is 44.4 Å². The van der Waals surface area contributed by atoms with E-state index >= 15 is 0 Å². The molecule has 0 aromatic heterocycles. The lowest BCUT2D eigenvalue weighted by atomic mass is 9.91. The maximum atomic E-state index is 11.3. The number of rotatable bonds is 5. The molecule has 6 nitrogen and oxygen atoms in total. The number of hydrogen-bond donors (Lipinski definition) is 3. The normalized spacial score (nSPS) is 28.2. The van der Waals surface area contributed by atoms with Crippen molar-refractivity contribution in [3.05, 3.63) is 0 Å². The van der Waals surface area contributed by atoms with Crippen molar-refractivity contribution in [2.24, 2.45) is 0 Å². The summed E-state index contributed by atoms with van der Waals surface area (Å²) in [6, 6.07) is -0.698. The van der Waals surface area contributed by atoms with Gasteiger partial charge in [-0.25, -0.2) is 8.42 Å². The van der Waals surface area contributed by atoms with E-state index in [4.69, 9.17) is 0 Å². The molecule has 2 unspecified atom stereocenters. The molecule has 3 N–H and O–H groups in total. The number of aliphatic hydroxyl groups excluding tert-OH is 1. The Balaban J connectivity index is 2.86. The van der Waals surface area contributed by atoms with Gasteiger partial charge in [-0.15, -0.1) is 0 Å². The molecule has 0 radical (unpaired) electrons. The predicted octanol–water partition coefficient (Wildman–Crippen LogP) is -0.623. The first-order valence-electron chi connectivity index (χ1n) is 5.66. The number of carboxylic acid groups (broad SMARTS) is 1. The molecule has 100 valence electrons. The van der Waals surface area contributed by atoms with Gasteiger partial charge in [0.05, 0.1) is 17.6 Å². The average molecular weight is 265 g/mol. The molecule has 0 aromatic rings. The van der Waals surface area contributed by atoms with E-state index in [-0.39, 0.29) is 11.5 Å². The van der Waals surface area contributed by atoms with Gasteiger partial charge in [0, 0.05) is 6.04 Å². The van der Waals surface area contributed by atoms with Crippen LogP contribution in [0.2, 0.25) is 0 Å². The lowest BCUT2D eigenvalue weighted by Crippen LogP contribution is -2.58. The first kappa shape index (κ1) is 14.4. The SMILES string of the molecule is CCC(CC)(NC1CS(=O)(=O)CC1O)C(=O)O. The van der Waals surface area contributed by atoms with Gasteiger partial charge in [0.2, 0.25) is 0 Å². The smallest absolute Gasteiger partial charge is 0.323 e. The van der Waals surface area contributed by atoms with E-state index in [9.17, 15) is 23.4 Å². The molecule has 0 aromatic carbocycles. The molecular formula is C10H19NO5S. The van der Waals surface area contributed by atoms with Crippen LogP contribution in [0, 0.1) is 0 Å². The Morgan fingerprint density at radius 3 is 2.18 bits per heavy atom. The molecule has 2 atom stereocenters. The molecule has 0 bridgehead atoms. The fourth-order valence-electron chi connectivity index (χ4n) is 2.14. The van der Waals surface area contributed by atoms with Crippen LogP contribution in [-0.4, -0.2) is 53.8 Å². The summed E-state index contributed by atoms with van der Waals surface area (Å²) in [6.45, 7) is 3.45. The molecule has 17 heavy (non-hydrogen) atoms. The van der Waals surface area contributed by atoms with Crippen LogP contribution >= 0.6 is 0 Å². The number of hydrogen-bond acceptors (Lipinski definition) is 5. The second kappa shape index (κ2) is 4.91. The van der Waals surface area contributed by atoms with Crippen LogP contribution in [0.25, 0.3) is 0 Å². The summed E-state index contributed by atoms with van der Waals surface area (Å²) in [5.41, 5.74) is -1.16. The van der Waals surface area contributed by atoms with E-state index < -0.39 is 33.5 Å². The quantitative estimate of drug-likeness (QED) is 0.612. The van der Waals surface area contributed by atoms with Crippen LogP contribution in [-0.2, 0) is 14.6 Å². The Hall–Kier alpha value is -0.660. The predicted molar refractivity (Wildman–Crippen MR) is 62.5 cm³/mol. The fourth-order valence-corrected chi connectivity index (χ4v) is 3.88. The van der Waals surface area contributed by atoms with Crippen LogP contribution in [0.4, 0.5) is 0 Å². The van der Waals surface area contributed by atoms with Crippen molar-refractivity contribution >= 4 is 15.8 Å². The van der Waals surface area contributed by atoms with Gasteiger partial charge >= 0.3 is 5.97 Å². The Bertz CT molecular complexity index is 388. The number of carbonyl (C=O) groups is 1. The van der Waals surface area contributed by atoms with Gasteiger partial charge in [-0.2, -0.15) is 0 Å². The summed E-state index contributed by atoms with van der Waals surface area (Å²) in [5.74, 6) is -1.52. The lowest BCUT2D eigenvalue weighted by molar-refractivity contribution is -0.145. The van der Waals surface area contributed by atoms with Gasteiger partial charge < -0.3 is 10.2 Å². The van der Waals surface area contributed by atoms with Crippen molar-refractivity contribution in [3.63, 3.8) is 0 Å². The number of sulfone groups is 1. The van der Waals surface area contributed by atoms with Crippen LogP contribution in [0.3, 0.4) is 0 Å². The molecule has 1 aliphatic rings. The molecule has 0 amide bonds. The zero-order valence-corrected chi connectivity index (χ0v) is 10.8. The average Bonchev–Trinajstić information content (AvgIpc) is 2.47. The van der Waals surface area contributed by atoms with Crippen molar-refractivity contribution in [2.75, 3.05) is 11.5 Å². The number of nitrogens with one attached hydrogen (secondary N) is 1. The molecule has 7 heteroatoms. The Morgan fingerprint density at radius 2 is 1.88 bits per heavy atom.